The summed E-state index contributed by atoms with van der Waals surface area (Å²) >= 11 is 0. The van der Waals surface area contributed by atoms with Gasteiger partial charge in [0.2, 0.25) is 0 Å². The number of nitrogens with zero attached hydrogens (tertiary/aromatic N) is 1. The third-order valence-corrected chi connectivity index (χ3v) is 3.74. The zero-order valence-electron chi connectivity index (χ0n) is 14.0. The summed E-state index contributed by atoms with van der Waals surface area (Å²) in [5, 5.41) is 0. The number of ether oxygens (including phenoxy) is 1. The summed E-state index contributed by atoms with van der Waals surface area (Å²) in [4.78, 5) is 15.8. The van der Waals surface area contributed by atoms with E-state index >= 15 is 0 Å². The second-order valence-corrected chi connectivity index (χ2v) is 5.66. The molecule has 3 nitrogen and oxygen atoms in total. The largest absolute Gasteiger partial charge is 0.427 e. The van der Waals surface area contributed by atoms with Crippen LogP contribution in [0.4, 0.5) is 0 Å². The van der Waals surface area contributed by atoms with Gasteiger partial charge in [-0.25, -0.2) is 0 Å². The minimum Gasteiger partial charge on any atom is -0.427 e. The van der Waals surface area contributed by atoms with E-state index in [2.05, 4.69) is 24.3 Å². The Kier molecular flexibility index (Phi) is 5.37. The SMILES string of the molecule is CC(=O)Oc1ccc(C=NC(c2ccccc2)c2ccccc2)cc1. The third-order valence-electron chi connectivity index (χ3n) is 3.74. The number of rotatable bonds is 5. The predicted molar refractivity (Wildman–Crippen MR) is 100 cm³/mol. The summed E-state index contributed by atoms with van der Waals surface area (Å²) in [5.74, 6) is 0.210. The molecule has 0 atom stereocenters. The minimum atomic E-state index is -0.324. The van der Waals surface area contributed by atoms with Crippen molar-refractivity contribution in [1.29, 1.82) is 0 Å². The van der Waals surface area contributed by atoms with Crippen LogP contribution >= 0.6 is 0 Å². The summed E-state index contributed by atoms with van der Waals surface area (Å²) in [6, 6.07) is 27.7. The van der Waals surface area contributed by atoms with E-state index in [0.29, 0.717) is 5.75 Å². The molecule has 3 aromatic rings. The van der Waals surface area contributed by atoms with Crippen molar-refractivity contribution >= 4 is 12.2 Å². The molecular weight excluding hydrogens is 310 g/mol. The Morgan fingerprint density at radius 3 is 1.84 bits per heavy atom. The van der Waals surface area contributed by atoms with E-state index in [1.807, 2.05) is 54.7 Å². The average molecular weight is 329 g/mol. The lowest BCUT2D eigenvalue weighted by Gasteiger charge is -2.13. The molecule has 3 aromatic carbocycles. The second kappa shape index (κ2) is 8.06. The number of carbonyl (C=O) groups excluding carboxylic acids is 1. The van der Waals surface area contributed by atoms with Crippen molar-refractivity contribution in [2.75, 3.05) is 0 Å². The Labute approximate surface area is 147 Å². The normalized spacial score (nSPS) is 11.0. The van der Waals surface area contributed by atoms with Gasteiger partial charge in [-0.05, 0) is 41.0 Å². The molecule has 0 aromatic heterocycles. The van der Waals surface area contributed by atoms with Gasteiger partial charge in [0, 0.05) is 13.1 Å². The van der Waals surface area contributed by atoms with E-state index in [9.17, 15) is 4.79 Å². The topological polar surface area (TPSA) is 38.7 Å². The van der Waals surface area contributed by atoms with Crippen molar-refractivity contribution in [3.05, 3.63) is 102 Å². The van der Waals surface area contributed by atoms with Crippen LogP contribution in [0.2, 0.25) is 0 Å². The molecule has 25 heavy (non-hydrogen) atoms. The van der Waals surface area contributed by atoms with Crippen LogP contribution in [0.15, 0.2) is 89.9 Å². The quantitative estimate of drug-likeness (QED) is 0.382. The van der Waals surface area contributed by atoms with Gasteiger partial charge in [-0.3, -0.25) is 9.79 Å². The minimum absolute atomic E-state index is 0.0597. The van der Waals surface area contributed by atoms with Crippen LogP contribution in [0.5, 0.6) is 5.75 Å². The first-order valence-corrected chi connectivity index (χ1v) is 8.14. The number of esters is 1. The Morgan fingerprint density at radius 2 is 1.36 bits per heavy atom. The highest BCUT2D eigenvalue weighted by atomic mass is 16.5. The van der Waals surface area contributed by atoms with Gasteiger partial charge in [-0.1, -0.05) is 60.7 Å². The molecule has 0 N–H and O–H groups in total. The molecule has 0 spiro atoms. The third kappa shape index (κ3) is 4.64. The average Bonchev–Trinajstić information content (AvgIpc) is 2.65. The monoisotopic (exact) mass is 329 g/mol. The fourth-order valence-electron chi connectivity index (χ4n) is 2.58. The lowest BCUT2D eigenvalue weighted by molar-refractivity contribution is -0.131. The van der Waals surface area contributed by atoms with Gasteiger partial charge >= 0.3 is 5.97 Å². The Hall–Kier alpha value is -3.20. The van der Waals surface area contributed by atoms with E-state index < -0.39 is 0 Å². The molecule has 0 aliphatic heterocycles. The van der Waals surface area contributed by atoms with Crippen molar-refractivity contribution < 1.29 is 9.53 Å². The van der Waals surface area contributed by atoms with Crippen molar-refractivity contribution in [1.82, 2.24) is 0 Å². The Bertz CT molecular complexity index is 801. The molecule has 0 heterocycles. The van der Waals surface area contributed by atoms with Crippen molar-refractivity contribution in [3.63, 3.8) is 0 Å². The van der Waals surface area contributed by atoms with Gasteiger partial charge in [-0.15, -0.1) is 0 Å². The van der Waals surface area contributed by atoms with Gasteiger partial charge in [0.25, 0.3) is 0 Å². The lowest BCUT2D eigenvalue weighted by Crippen LogP contribution is -2.01. The smallest absolute Gasteiger partial charge is 0.308 e. The molecule has 0 radical (unpaired) electrons. The summed E-state index contributed by atoms with van der Waals surface area (Å²) in [7, 11) is 0. The molecule has 0 aliphatic carbocycles. The van der Waals surface area contributed by atoms with Crippen LogP contribution in [0.1, 0.15) is 29.7 Å². The van der Waals surface area contributed by atoms with Crippen LogP contribution in [0.3, 0.4) is 0 Å². The number of benzene rings is 3. The molecule has 0 aliphatic rings. The highest BCUT2D eigenvalue weighted by Crippen LogP contribution is 2.25. The maximum atomic E-state index is 11.0. The number of carbonyl (C=O) groups is 1. The molecule has 124 valence electrons. The van der Waals surface area contributed by atoms with Crippen LogP contribution in [0.25, 0.3) is 0 Å². The summed E-state index contributed by atoms with van der Waals surface area (Å²) in [6.45, 7) is 1.39. The fourth-order valence-corrected chi connectivity index (χ4v) is 2.58. The summed E-state index contributed by atoms with van der Waals surface area (Å²) < 4.78 is 5.05. The molecule has 0 unspecified atom stereocenters. The van der Waals surface area contributed by atoms with E-state index in [0.717, 1.165) is 16.7 Å². The predicted octanol–water partition coefficient (Wildman–Crippen LogP) is 4.82. The first-order chi connectivity index (χ1) is 12.2. The number of hydrogen-bond acceptors (Lipinski definition) is 3. The number of hydrogen-bond donors (Lipinski definition) is 0. The van der Waals surface area contributed by atoms with E-state index in [1.165, 1.54) is 6.92 Å². The Balaban J connectivity index is 1.85. The number of aliphatic imine (C=N–C) groups is 1. The molecule has 0 saturated heterocycles. The molecule has 3 rings (SSSR count). The fraction of sp³-hybridized carbons (Fsp3) is 0.0909. The van der Waals surface area contributed by atoms with E-state index in [1.54, 1.807) is 12.1 Å². The van der Waals surface area contributed by atoms with Gasteiger partial charge < -0.3 is 4.74 Å². The van der Waals surface area contributed by atoms with Gasteiger partial charge in [-0.2, -0.15) is 0 Å². The molecule has 3 heteroatoms. The van der Waals surface area contributed by atoms with Gasteiger partial charge in [0.05, 0.1) is 6.04 Å². The van der Waals surface area contributed by atoms with Crippen molar-refractivity contribution in [2.24, 2.45) is 4.99 Å². The summed E-state index contributed by atoms with van der Waals surface area (Å²) in [6.07, 6.45) is 1.85. The van der Waals surface area contributed by atoms with Crippen LogP contribution in [0, 0.1) is 0 Å². The van der Waals surface area contributed by atoms with Crippen LogP contribution in [-0.2, 0) is 4.79 Å². The highest BCUT2D eigenvalue weighted by molar-refractivity contribution is 5.80. The standard InChI is InChI=1S/C22H19NO2/c1-17(24)25-21-14-12-18(13-15-21)16-23-22(19-8-4-2-5-9-19)20-10-6-3-7-11-20/h2-16,22H,1H3. The first-order valence-electron chi connectivity index (χ1n) is 8.14. The zero-order valence-corrected chi connectivity index (χ0v) is 14.0. The maximum absolute atomic E-state index is 11.0. The Morgan fingerprint density at radius 1 is 0.840 bits per heavy atom. The molecule has 0 amide bonds. The van der Waals surface area contributed by atoms with Crippen molar-refractivity contribution in [3.8, 4) is 5.75 Å². The zero-order chi connectivity index (χ0) is 17.5. The highest BCUT2D eigenvalue weighted by Gasteiger charge is 2.11. The van der Waals surface area contributed by atoms with Gasteiger partial charge in [0.15, 0.2) is 0 Å². The lowest BCUT2D eigenvalue weighted by atomic mass is 9.99. The van der Waals surface area contributed by atoms with Crippen LogP contribution < -0.4 is 4.74 Å². The van der Waals surface area contributed by atoms with E-state index in [4.69, 9.17) is 9.73 Å². The molecule has 0 fully saturated rings. The second-order valence-electron chi connectivity index (χ2n) is 5.66. The van der Waals surface area contributed by atoms with Crippen molar-refractivity contribution in [2.45, 2.75) is 13.0 Å². The molecule has 0 saturated carbocycles. The first kappa shape index (κ1) is 16.7. The summed E-state index contributed by atoms with van der Waals surface area (Å²) in [5.41, 5.74) is 3.23. The van der Waals surface area contributed by atoms with E-state index in [-0.39, 0.29) is 12.0 Å². The molecular formula is C22H19NO2. The van der Waals surface area contributed by atoms with Crippen LogP contribution in [-0.4, -0.2) is 12.2 Å². The van der Waals surface area contributed by atoms with Gasteiger partial charge in [0.1, 0.15) is 5.75 Å². The molecule has 0 bridgehead atoms. The maximum Gasteiger partial charge on any atom is 0.308 e.